The van der Waals surface area contributed by atoms with Crippen molar-refractivity contribution >= 4 is 11.4 Å². The summed E-state index contributed by atoms with van der Waals surface area (Å²) in [6.45, 7) is 5.23. The molecule has 1 fully saturated rings. The summed E-state index contributed by atoms with van der Waals surface area (Å²) in [6.07, 6.45) is 0.737. The fourth-order valence-electron chi connectivity index (χ4n) is 2.52. The van der Waals surface area contributed by atoms with Crippen molar-refractivity contribution in [2.45, 2.75) is 26.3 Å². The molecule has 1 saturated heterocycles. The highest BCUT2D eigenvalue weighted by Gasteiger charge is 2.36. The van der Waals surface area contributed by atoms with E-state index in [0.29, 0.717) is 18.8 Å². The molecule has 2 rings (SSSR count). The van der Waals surface area contributed by atoms with Crippen LogP contribution in [0.5, 0.6) is 0 Å². The Morgan fingerprint density at radius 1 is 1.53 bits per heavy atom. The third-order valence-corrected chi connectivity index (χ3v) is 3.80. The summed E-state index contributed by atoms with van der Waals surface area (Å²) in [5, 5.41) is 11.0. The SMILES string of the molecule is CC1(C)CN(c2cccc(F)c2[N+](=O)[O-])CCC1N. The summed E-state index contributed by atoms with van der Waals surface area (Å²) in [7, 11) is 0. The number of nitrogens with two attached hydrogens (primary N) is 1. The molecule has 1 heterocycles. The van der Waals surface area contributed by atoms with Crippen LogP contribution in [-0.2, 0) is 0 Å². The molecule has 2 N–H and O–H groups in total. The molecule has 0 amide bonds. The summed E-state index contributed by atoms with van der Waals surface area (Å²) < 4.78 is 13.6. The number of anilines is 1. The summed E-state index contributed by atoms with van der Waals surface area (Å²) in [5.74, 6) is -0.796. The Hall–Kier alpha value is -1.69. The van der Waals surface area contributed by atoms with Gasteiger partial charge >= 0.3 is 5.69 Å². The van der Waals surface area contributed by atoms with Gasteiger partial charge in [0.2, 0.25) is 5.82 Å². The minimum absolute atomic E-state index is 0.0522. The summed E-state index contributed by atoms with van der Waals surface area (Å²) in [6, 6.07) is 4.26. The van der Waals surface area contributed by atoms with Gasteiger partial charge in [0.15, 0.2) is 0 Å². The van der Waals surface area contributed by atoms with Crippen molar-refractivity contribution in [1.82, 2.24) is 0 Å². The van der Waals surface area contributed by atoms with Crippen molar-refractivity contribution in [3.05, 3.63) is 34.1 Å². The lowest BCUT2D eigenvalue weighted by Gasteiger charge is -2.43. The molecule has 1 aromatic carbocycles. The van der Waals surface area contributed by atoms with Gasteiger partial charge in [0.05, 0.1) is 4.92 Å². The van der Waals surface area contributed by atoms with E-state index in [1.807, 2.05) is 18.7 Å². The van der Waals surface area contributed by atoms with Crippen LogP contribution in [0.3, 0.4) is 0 Å². The van der Waals surface area contributed by atoms with Crippen LogP contribution in [0.1, 0.15) is 20.3 Å². The molecule has 1 aliphatic rings. The zero-order valence-corrected chi connectivity index (χ0v) is 11.1. The van der Waals surface area contributed by atoms with E-state index in [4.69, 9.17) is 5.73 Å². The van der Waals surface area contributed by atoms with E-state index in [0.717, 1.165) is 12.5 Å². The Bertz CT molecular complexity index is 505. The molecule has 5 nitrogen and oxygen atoms in total. The number of hydrogen-bond donors (Lipinski definition) is 1. The van der Waals surface area contributed by atoms with Gasteiger partial charge in [0.25, 0.3) is 0 Å². The summed E-state index contributed by atoms with van der Waals surface area (Å²) >= 11 is 0. The maximum absolute atomic E-state index is 13.6. The number of nitro groups is 1. The second-order valence-corrected chi connectivity index (χ2v) is 5.67. The lowest BCUT2D eigenvalue weighted by Crippen LogP contribution is -2.52. The van der Waals surface area contributed by atoms with Crippen molar-refractivity contribution in [3.63, 3.8) is 0 Å². The van der Waals surface area contributed by atoms with E-state index >= 15 is 0 Å². The van der Waals surface area contributed by atoms with Crippen molar-refractivity contribution in [2.75, 3.05) is 18.0 Å². The molecule has 1 aromatic rings. The molecule has 1 unspecified atom stereocenters. The first-order chi connectivity index (χ1) is 8.83. The molecule has 0 radical (unpaired) electrons. The first-order valence-corrected chi connectivity index (χ1v) is 6.26. The van der Waals surface area contributed by atoms with Crippen molar-refractivity contribution in [2.24, 2.45) is 11.1 Å². The van der Waals surface area contributed by atoms with Crippen LogP contribution in [0.2, 0.25) is 0 Å². The molecular formula is C13H18FN3O2. The van der Waals surface area contributed by atoms with E-state index < -0.39 is 16.4 Å². The quantitative estimate of drug-likeness (QED) is 0.659. The molecule has 0 saturated carbocycles. The molecule has 6 heteroatoms. The topological polar surface area (TPSA) is 72.4 Å². The standard InChI is InChI=1S/C13H18FN3O2/c1-13(2)8-16(7-6-11(13)15)10-5-3-4-9(14)12(10)17(18)19/h3-5,11H,6-8,15H2,1-2H3. The average Bonchev–Trinajstić information content (AvgIpc) is 2.31. The number of piperidine rings is 1. The Labute approximate surface area is 111 Å². The monoisotopic (exact) mass is 267 g/mol. The number of halogens is 1. The van der Waals surface area contributed by atoms with Crippen LogP contribution in [-0.4, -0.2) is 24.1 Å². The van der Waals surface area contributed by atoms with Gasteiger partial charge in [-0.05, 0) is 24.0 Å². The van der Waals surface area contributed by atoms with Crippen LogP contribution >= 0.6 is 0 Å². The zero-order valence-electron chi connectivity index (χ0n) is 11.1. The maximum Gasteiger partial charge on any atom is 0.327 e. The summed E-state index contributed by atoms with van der Waals surface area (Å²) in [5.41, 5.74) is 5.78. The van der Waals surface area contributed by atoms with E-state index in [9.17, 15) is 14.5 Å². The van der Waals surface area contributed by atoms with E-state index in [-0.39, 0.29) is 11.5 Å². The van der Waals surface area contributed by atoms with Gasteiger partial charge < -0.3 is 10.6 Å². The molecule has 0 spiro atoms. The first-order valence-electron chi connectivity index (χ1n) is 6.26. The van der Waals surface area contributed by atoms with Gasteiger partial charge in [-0.25, -0.2) is 0 Å². The molecule has 0 aromatic heterocycles. The van der Waals surface area contributed by atoms with E-state index in [1.54, 1.807) is 6.07 Å². The van der Waals surface area contributed by atoms with Crippen molar-refractivity contribution in [1.29, 1.82) is 0 Å². The largest absolute Gasteiger partial charge is 0.365 e. The molecule has 1 aliphatic heterocycles. The molecular weight excluding hydrogens is 249 g/mol. The minimum Gasteiger partial charge on any atom is -0.365 e. The van der Waals surface area contributed by atoms with Gasteiger partial charge in [-0.1, -0.05) is 19.9 Å². The predicted molar refractivity (Wildman–Crippen MR) is 71.6 cm³/mol. The minimum atomic E-state index is -0.796. The van der Waals surface area contributed by atoms with Crippen LogP contribution < -0.4 is 10.6 Å². The number of nitrogens with zero attached hydrogens (tertiary/aromatic N) is 2. The molecule has 19 heavy (non-hydrogen) atoms. The lowest BCUT2D eigenvalue weighted by atomic mass is 9.79. The van der Waals surface area contributed by atoms with Gasteiger partial charge in [0.1, 0.15) is 5.69 Å². The number of benzene rings is 1. The fraction of sp³-hybridized carbons (Fsp3) is 0.538. The second kappa shape index (κ2) is 4.77. The third kappa shape index (κ3) is 2.53. The van der Waals surface area contributed by atoms with Crippen LogP contribution in [0, 0.1) is 21.3 Å². The zero-order chi connectivity index (χ0) is 14.2. The number of para-hydroxylation sites is 1. The first kappa shape index (κ1) is 13.7. The average molecular weight is 267 g/mol. The highest BCUT2D eigenvalue weighted by atomic mass is 19.1. The smallest absolute Gasteiger partial charge is 0.327 e. The van der Waals surface area contributed by atoms with Gasteiger partial charge in [-0.3, -0.25) is 10.1 Å². The molecule has 1 atom stereocenters. The Morgan fingerprint density at radius 3 is 2.79 bits per heavy atom. The fourth-order valence-corrected chi connectivity index (χ4v) is 2.52. The van der Waals surface area contributed by atoms with E-state index in [1.165, 1.54) is 6.07 Å². The van der Waals surface area contributed by atoms with Crippen LogP contribution in [0.15, 0.2) is 18.2 Å². The summed E-state index contributed by atoms with van der Waals surface area (Å²) in [4.78, 5) is 12.2. The molecule has 0 bridgehead atoms. The third-order valence-electron chi connectivity index (χ3n) is 3.80. The maximum atomic E-state index is 13.6. The van der Waals surface area contributed by atoms with Gasteiger partial charge in [0, 0.05) is 19.1 Å². The predicted octanol–water partition coefficient (Wildman–Crippen LogP) is 2.30. The lowest BCUT2D eigenvalue weighted by molar-refractivity contribution is -0.386. The number of hydrogen-bond acceptors (Lipinski definition) is 4. The Balaban J connectivity index is 2.38. The number of nitro benzene ring substituents is 1. The molecule has 0 aliphatic carbocycles. The Kier molecular flexibility index (Phi) is 3.45. The van der Waals surface area contributed by atoms with Gasteiger partial charge in [-0.15, -0.1) is 0 Å². The van der Waals surface area contributed by atoms with Crippen molar-refractivity contribution in [3.8, 4) is 0 Å². The molecule has 104 valence electrons. The highest BCUT2D eigenvalue weighted by Crippen LogP contribution is 2.36. The second-order valence-electron chi connectivity index (χ2n) is 5.67. The van der Waals surface area contributed by atoms with E-state index in [2.05, 4.69) is 0 Å². The van der Waals surface area contributed by atoms with Gasteiger partial charge in [-0.2, -0.15) is 4.39 Å². The van der Waals surface area contributed by atoms with Crippen LogP contribution in [0.25, 0.3) is 0 Å². The van der Waals surface area contributed by atoms with Crippen molar-refractivity contribution < 1.29 is 9.31 Å². The Morgan fingerprint density at radius 2 is 2.21 bits per heavy atom. The highest BCUT2D eigenvalue weighted by molar-refractivity contribution is 5.64. The van der Waals surface area contributed by atoms with Crippen LogP contribution in [0.4, 0.5) is 15.8 Å². The number of rotatable bonds is 2. The normalized spacial score (nSPS) is 22.3.